The zero-order valence-electron chi connectivity index (χ0n) is 12.5. The molecule has 0 unspecified atom stereocenters. The number of hydrogen-bond acceptors (Lipinski definition) is 4. The van der Waals surface area contributed by atoms with E-state index in [9.17, 15) is 9.90 Å². The van der Waals surface area contributed by atoms with Crippen molar-refractivity contribution in [1.82, 2.24) is 15.5 Å². The van der Waals surface area contributed by atoms with E-state index in [4.69, 9.17) is 23.2 Å². The van der Waals surface area contributed by atoms with Gasteiger partial charge in [0.25, 0.3) is 5.91 Å². The smallest absolute Gasteiger partial charge is 0.269 e. The lowest BCUT2D eigenvalue weighted by molar-refractivity contribution is 0.0910. The summed E-state index contributed by atoms with van der Waals surface area (Å²) in [6.07, 6.45) is 2.68. The summed E-state index contributed by atoms with van der Waals surface area (Å²) in [7, 11) is 0. The SMILES string of the molecule is CSCC[C@@H](CO)NC(=O)c1cc(-c2cc(Cl)ccc2Cl)n[nH]1. The number of thioether (sulfide) groups is 1. The monoisotopic (exact) mass is 373 g/mol. The molecule has 3 N–H and O–H groups in total. The van der Waals surface area contributed by atoms with Crippen LogP contribution in [0.25, 0.3) is 11.3 Å². The van der Waals surface area contributed by atoms with E-state index >= 15 is 0 Å². The van der Waals surface area contributed by atoms with Crippen LogP contribution in [0.5, 0.6) is 0 Å². The third-order valence-corrected chi connectivity index (χ3v) is 4.46. The quantitative estimate of drug-likeness (QED) is 0.695. The molecule has 5 nitrogen and oxygen atoms in total. The van der Waals surface area contributed by atoms with Crippen LogP contribution in [-0.4, -0.2) is 45.9 Å². The van der Waals surface area contributed by atoms with E-state index in [1.807, 2.05) is 6.26 Å². The third kappa shape index (κ3) is 4.88. The van der Waals surface area contributed by atoms with Gasteiger partial charge >= 0.3 is 0 Å². The average molecular weight is 374 g/mol. The second-order valence-electron chi connectivity index (χ2n) is 4.93. The van der Waals surface area contributed by atoms with Crippen molar-refractivity contribution in [2.24, 2.45) is 0 Å². The number of aromatic nitrogens is 2. The Balaban J connectivity index is 2.12. The molecule has 124 valence electrons. The molecule has 0 radical (unpaired) electrons. The number of aliphatic hydroxyl groups excluding tert-OH is 1. The third-order valence-electron chi connectivity index (χ3n) is 3.25. The summed E-state index contributed by atoms with van der Waals surface area (Å²) in [5, 5.41) is 19.9. The Hall–Kier alpha value is -1.21. The highest BCUT2D eigenvalue weighted by Gasteiger charge is 2.16. The van der Waals surface area contributed by atoms with Crippen LogP contribution in [0.2, 0.25) is 10.0 Å². The van der Waals surface area contributed by atoms with Gasteiger partial charge in [-0.05, 0) is 42.7 Å². The minimum atomic E-state index is -0.318. The number of halogens is 2. The molecule has 1 aromatic heterocycles. The minimum absolute atomic E-state index is 0.104. The number of carbonyl (C=O) groups is 1. The van der Waals surface area contributed by atoms with Crippen LogP contribution in [0.4, 0.5) is 0 Å². The van der Waals surface area contributed by atoms with Gasteiger partial charge in [-0.1, -0.05) is 23.2 Å². The predicted octanol–water partition coefficient (Wildman–Crippen LogP) is 3.23. The first-order valence-corrected chi connectivity index (χ1v) is 9.11. The highest BCUT2D eigenvalue weighted by molar-refractivity contribution is 7.98. The molecule has 0 bridgehead atoms. The van der Waals surface area contributed by atoms with Crippen molar-refractivity contribution in [1.29, 1.82) is 0 Å². The molecule has 0 fully saturated rings. The molecular weight excluding hydrogens is 357 g/mol. The van der Waals surface area contributed by atoms with Gasteiger partial charge in [0.05, 0.1) is 23.4 Å². The van der Waals surface area contributed by atoms with Crippen molar-refractivity contribution in [3.8, 4) is 11.3 Å². The number of rotatable bonds is 7. The lowest BCUT2D eigenvalue weighted by Crippen LogP contribution is -2.38. The van der Waals surface area contributed by atoms with Crippen molar-refractivity contribution < 1.29 is 9.90 Å². The number of hydrogen-bond donors (Lipinski definition) is 3. The lowest BCUT2D eigenvalue weighted by atomic mass is 10.1. The molecule has 8 heteroatoms. The molecule has 2 aromatic rings. The Morgan fingerprint density at radius 3 is 2.91 bits per heavy atom. The zero-order valence-corrected chi connectivity index (χ0v) is 14.8. The van der Waals surface area contributed by atoms with Crippen molar-refractivity contribution >= 4 is 40.9 Å². The number of nitrogens with zero attached hydrogens (tertiary/aromatic N) is 1. The van der Waals surface area contributed by atoms with Gasteiger partial charge in [0.1, 0.15) is 5.69 Å². The van der Waals surface area contributed by atoms with E-state index in [1.165, 1.54) is 0 Å². The van der Waals surface area contributed by atoms with E-state index in [-0.39, 0.29) is 18.6 Å². The predicted molar refractivity (Wildman–Crippen MR) is 95.4 cm³/mol. The molecule has 1 amide bonds. The molecule has 1 atom stereocenters. The maximum Gasteiger partial charge on any atom is 0.269 e. The molecule has 0 aliphatic rings. The van der Waals surface area contributed by atoms with Gasteiger partial charge < -0.3 is 10.4 Å². The standard InChI is InChI=1S/C15H17Cl2N3O2S/c1-23-5-4-10(8-21)18-15(22)14-7-13(19-20-14)11-6-9(16)2-3-12(11)17/h2-3,6-7,10,21H,4-5,8H2,1H3,(H,18,22)(H,19,20)/t10-/m0/s1. The minimum Gasteiger partial charge on any atom is -0.394 e. The number of carbonyl (C=O) groups excluding carboxylic acids is 1. The molecule has 0 aliphatic carbocycles. The second kappa shape index (κ2) is 8.59. The summed E-state index contributed by atoms with van der Waals surface area (Å²) < 4.78 is 0. The van der Waals surface area contributed by atoms with Crippen LogP contribution in [0.3, 0.4) is 0 Å². The van der Waals surface area contributed by atoms with E-state index in [1.54, 1.807) is 36.0 Å². The van der Waals surface area contributed by atoms with Gasteiger partial charge in [-0.15, -0.1) is 0 Å². The first kappa shape index (κ1) is 18.1. The Morgan fingerprint density at radius 2 is 2.22 bits per heavy atom. The topological polar surface area (TPSA) is 78.0 Å². The molecule has 0 spiro atoms. The highest BCUT2D eigenvalue weighted by Crippen LogP contribution is 2.29. The summed E-state index contributed by atoms with van der Waals surface area (Å²) in [6, 6.07) is 6.38. The van der Waals surface area contributed by atoms with Gasteiger partial charge in [-0.3, -0.25) is 9.89 Å². The molecule has 2 rings (SSSR count). The largest absolute Gasteiger partial charge is 0.394 e. The first-order chi connectivity index (χ1) is 11.0. The molecule has 1 aromatic carbocycles. The Kier molecular flexibility index (Phi) is 6.77. The number of amides is 1. The van der Waals surface area contributed by atoms with E-state index < -0.39 is 0 Å². The van der Waals surface area contributed by atoms with Gasteiger partial charge in [0.15, 0.2) is 0 Å². The first-order valence-electron chi connectivity index (χ1n) is 6.96. The summed E-state index contributed by atoms with van der Waals surface area (Å²) in [4.78, 5) is 12.2. The molecule has 0 saturated carbocycles. The fourth-order valence-corrected chi connectivity index (χ4v) is 2.91. The van der Waals surface area contributed by atoms with Crippen molar-refractivity contribution in [2.75, 3.05) is 18.6 Å². The number of aromatic amines is 1. The van der Waals surface area contributed by atoms with E-state index in [0.29, 0.717) is 33.4 Å². The van der Waals surface area contributed by atoms with E-state index in [2.05, 4.69) is 15.5 Å². The summed E-state index contributed by atoms with van der Waals surface area (Å²) in [5.74, 6) is 0.541. The van der Waals surface area contributed by atoms with Gasteiger partial charge in [0, 0.05) is 10.6 Å². The van der Waals surface area contributed by atoms with Gasteiger partial charge in [-0.2, -0.15) is 16.9 Å². The van der Waals surface area contributed by atoms with Crippen LogP contribution in [-0.2, 0) is 0 Å². The van der Waals surface area contributed by atoms with E-state index in [0.717, 1.165) is 5.75 Å². The Morgan fingerprint density at radius 1 is 1.43 bits per heavy atom. The number of H-pyrrole nitrogens is 1. The van der Waals surface area contributed by atoms with Crippen LogP contribution in [0, 0.1) is 0 Å². The summed E-state index contributed by atoms with van der Waals surface area (Å²) >= 11 is 13.8. The van der Waals surface area contributed by atoms with Crippen LogP contribution in [0.1, 0.15) is 16.9 Å². The maximum atomic E-state index is 12.2. The fourth-order valence-electron chi connectivity index (χ4n) is 2.00. The molecule has 0 saturated heterocycles. The summed E-state index contributed by atoms with van der Waals surface area (Å²) in [5.41, 5.74) is 1.49. The van der Waals surface area contributed by atoms with Gasteiger partial charge in [0.2, 0.25) is 0 Å². The molecular formula is C15H17Cl2N3O2S. The maximum absolute atomic E-state index is 12.2. The van der Waals surface area contributed by atoms with Crippen molar-refractivity contribution in [2.45, 2.75) is 12.5 Å². The number of benzene rings is 1. The normalized spacial score (nSPS) is 12.2. The highest BCUT2D eigenvalue weighted by atomic mass is 35.5. The van der Waals surface area contributed by atoms with Crippen molar-refractivity contribution in [3.05, 3.63) is 40.0 Å². The Bertz CT molecular complexity index is 678. The fraction of sp³-hybridized carbons (Fsp3) is 0.333. The number of aliphatic hydroxyl groups is 1. The zero-order chi connectivity index (χ0) is 16.8. The van der Waals surface area contributed by atoms with Crippen LogP contribution in [0.15, 0.2) is 24.3 Å². The van der Waals surface area contributed by atoms with Crippen LogP contribution >= 0.6 is 35.0 Å². The molecule has 23 heavy (non-hydrogen) atoms. The average Bonchev–Trinajstić information content (AvgIpc) is 3.03. The van der Waals surface area contributed by atoms with Gasteiger partial charge in [-0.25, -0.2) is 0 Å². The van der Waals surface area contributed by atoms with Crippen molar-refractivity contribution in [3.63, 3.8) is 0 Å². The Labute approximate surface area is 148 Å². The lowest BCUT2D eigenvalue weighted by Gasteiger charge is -2.14. The molecule has 1 heterocycles. The van der Waals surface area contributed by atoms with Crippen LogP contribution < -0.4 is 5.32 Å². The second-order valence-corrected chi connectivity index (χ2v) is 6.75. The summed E-state index contributed by atoms with van der Waals surface area (Å²) in [6.45, 7) is -0.104. The molecule has 0 aliphatic heterocycles. The number of nitrogens with one attached hydrogen (secondary N) is 2.